The Morgan fingerprint density at radius 1 is 1.35 bits per heavy atom. The van der Waals surface area contributed by atoms with Gasteiger partial charge in [0, 0.05) is 16.7 Å². The Balaban J connectivity index is 2.53. The first kappa shape index (κ1) is 14.6. The van der Waals surface area contributed by atoms with Gasteiger partial charge in [-0.1, -0.05) is 26.0 Å². The largest absolute Gasteiger partial charge is 0.392 e. The van der Waals surface area contributed by atoms with Crippen molar-refractivity contribution in [1.29, 1.82) is 0 Å². The molecular weight excluding hydrogens is 230 g/mol. The molecule has 0 heterocycles. The third-order valence-electron chi connectivity index (χ3n) is 2.66. The van der Waals surface area contributed by atoms with E-state index in [9.17, 15) is 5.11 Å². The molecule has 2 atom stereocenters. The van der Waals surface area contributed by atoms with E-state index in [4.69, 9.17) is 0 Å². The minimum absolute atomic E-state index is 0.230. The first-order valence-corrected chi connectivity index (χ1v) is 7.15. The van der Waals surface area contributed by atoms with Crippen LogP contribution >= 0.6 is 11.8 Å². The molecule has 17 heavy (non-hydrogen) atoms. The van der Waals surface area contributed by atoms with Gasteiger partial charge < -0.3 is 10.4 Å². The highest BCUT2D eigenvalue weighted by atomic mass is 32.2. The van der Waals surface area contributed by atoms with Crippen molar-refractivity contribution in [2.75, 3.05) is 6.54 Å². The Morgan fingerprint density at radius 2 is 2.12 bits per heavy atom. The quantitative estimate of drug-likeness (QED) is 0.578. The van der Waals surface area contributed by atoms with Crippen molar-refractivity contribution in [1.82, 2.24) is 5.32 Å². The summed E-state index contributed by atoms with van der Waals surface area (Å²) < 4.78 is 0. The molecule has 1 aromatic carbocycles. The smallest absolute Gasteiger partial charge is 0.0631 e. The first-order valence-electron chi connectivity index (χ1n) is 6.28. The highest BCUT2D eigenvalue weighted by molar-refractivity contribution is 8.00. The van der Waals surface area contributed by atoms with E-state index in [0.29, 0.717) is 0 Å². The molecule has 1 rings (SSSR count). The van der Waals surface area contributed by atoms with Gasteiger partial charge in [-0.15, -0.1) is 11.8 Å². The number of hydrogen-bond donors (Lipinski definition) is 2. The SMILES string of the molecule is CCCNCc1cccc(SC(C)C(C)O)c1. The summed E-state index contributed by atoms with van der Waals surface area (Å²) in [6.07, 6.45) is 0.884. The Morgan fingerprint density at radius 3 is 2.76 bits per heavy atom. The van der Waals surface area contributed by atoms with E-state index in [-0.39, 0.29) is 11.4 Å². The fourth-order valence-electron chi connectivity index (χ4n) is 1.45. The van der Waals surface area contributed by atoms with Crippen LogP contribution in [0.2, 0.25) is 0 Å². The summed E-state index contributed by atoms with van der Waals surface area (Å²) >= 11 is 1.73. The zero-order chi connectivity index (χ0) is 12.7. The van der Waals surface area contributed by atoms with Gasteiger partial charge in [0.2, 0.25) is 0 Å². The van der Waals surface area contributed by atoms with Crippen LogP contribution in [0.25, 0.3) is 0 Å². The number of hydrogen-bond acceptors (Lipinski definition) is 3. The first-order chi connectivity index (χ1) is 8.13. The molecule has 0 radical (unpaired) electrons. The molecule has 0 amide bonds. The molecule has 96 valence electrons. The third kappa shape index (κ3) is 5.57. The molecule has 0 saturated carbocycles. The van der Waals surface area contributed by atoms with E-state index in [1.54, 1.807) is 11.8 Å². The van der Waals surface area contributed by atoms with Crippen molar-refractivity contribution in [2.45, 2.75) is 50.0 Å². The van der Waals surface area contributed by atoms with Crippen LogP contribution in [0.1, 0.15) is 32.8 Å². The monoisotopic (exact) mass is 253 g/mol. The van der Waals surface area contributed by atoms with E-state index in [1.807, 2.05) is 6.92 Å². The van der Waals surface area contributed by atoms with Crippen LogP contribution in [-0.2, 0) is 6.54 Å². The number of aliphatic hydroxyl groups is 1. The Kier molecular flexibility index (Phi) is 6.63. The van der Waals surface area contributed by atoms with Gasteiger partial charge in [0.1, 0.15) is 0 Å². The summed E-state index contributed by atoms with van der Waals surface area (Å²) in [6, 6.07) is 8.53. The van der Waals surface area contributed by atoms with Crippen LogP contribution in [0.3, 0.4) is 0 Å². The zero-order valence-corrected chi connectivity index (χ0v) is 11.8. The number of aliphatic hydroxyl groups excluding tert-OH is 1. The maximum atomic E-state index is 9.49. The average Bonchev–Trinajstić information content (AvgIpc) is 2.30. The Labute approximate surface area is 109 Å². The zero-order valence-electron chi connectivity index (χ0n) is 10.9. The van der Waals surface area contributed by atoms with Gasteiger partial charge in [0.05, 0.1) is 6.10 Å². The van der Waals surface area contributed by atoms with Crippen molar-refractivity contribution in [3.8, 4) is 0 Å². The molecule has 0 aliphatic rings. The third-order valence-corrected chi connectivity index (χ3v) is 3.95. The van der Waals surface area contributed by atoms with Crippen molar-refractivity contribution in [2.24, 2.45) is 0 Å². The van der Waals surface area contributed by atoms with Crippen molar-refractivity contribution in [3.63, 3.8) is 0 Å². The van der Waals surface area contributed by atoms with Gasteiger partial charge >= 0.3 is 0 Å². The predicted octanol–water partition coefficient (Wildman–Crippen LogP) is 3.05. The van der Waals surface area contributed by atoms with Crippen LogP contribution in [0, 0.1) is 0 Å². The molecule has 0 saturated heterocycles. The standard InChI is InChI=1S/C14H23NOS/c1-4-8-15-10-13-6-5-7-14(9-13)17-12(3)11(2)16/h5-7,9,11-12,15-16H,4,8,10H2,1-3H3. The van der Waals surface area contributed by atoms with Gasteiger partial charge in [-0.2, -0.15) is 0 Å². The fourth-order valence-corrected chi connectivity index (χ4v) is 2.45. The van der Waals surface area contributed by atoms with Crippen LogP contribution in [-0.4, -0.2) is 23.0 Å². The maximum Gasteiger partial charge on any atom is 0.0631 e. The molecule has 0 spiro atoms. The van der Waals surface area contributed by atoms with Gasteiger partial charge in [0.25, 0.3) is 0 Å². The lowest BCUT2D eigenvalue weighted by Crippen LogP contribution is -2.15. The fraction of sp³-hybridized carbons (Fsp3) is 0.571. The van der Waals surface area contributed by atoms with E-state index >= 15 is 0 Å². The summed E-state index contributed by atoms with van der Waals surface area (Å²) in [5.74, 6) is 0. The number of thioether (sulfide) groups is 1. The van der Waals surface area contributed by atoms with Crippen LogP contribution in [0.5, 0.6) is 0 Å². The van der Waals surface area contributed by atoms with Crippen LogP contribution in [0.4, 0.5) is 0 Å². The molecule has 0 aromatic heterocycles. The van der Waals surface area contributed by atoms with Crippen molar-refractivity contribution in [3.05, 3.63) is 29.8 Å². The summed E-state index contributed by atoms with van der Waals surface area (Å²) in [7, 11) is 0. The van der Waals surface area contributed by atoms with Gasteiger partial charge in [0.15, 0.2) is 0 Å². The highest BCUT2D eigenvalue weighted by Gasteiger charge is 2.10. The molecule has 3 heteroatoms. The normalized spacial score (nSPS) is 14.6. The van der Waals surface area contributed by atoms with Gasteiger partial charge in [-0.3, -0.25) is 0 Å². The second-order valence-electron chi connectivity index (χ2n) is 4.39. The summed E-state index contributed by atoms with van der Waals surface area (Å²) in [6.45, 7) is 8.04. The minimum Gasteiger partial charge on any atom is -0.392 e. The van der Waals surface area contributed by atoms with E-state index in [0.717, 1.165) is 19.5 Å². The highest BCUT2D eigenvalue weighted by Crippen LogP contribution is 2.25. The summed E-state index contributed by atoms with van der Waals surface area (Å²) in [5, 5.41) is 13.1. The van der Waals surface area contributed by atoms with Gasteiger partial charge in [-0.05, 0) is 37.6 Å². The summed E-state index contributed by atoms with van der Waals surface area (Å²) in [5.41, 5.74) is 1.31. The molecule has 0 fully saturated rings. The maximum absolute atomic E-state index is 9.49. The lowest BCUT2D eigenvalue weighted by molar-refractivity contribution is 0.196. The predicted molar refractivity (Wildman–Crippen MR) is 75.4 cm³/mol. The number of benzene rings is 1. The van der Waals surface area contributed by atoms with Crippen LogP contribution < -0.4 is 5.32 Å². The molecule has 0 aliphatic heterocycles. The van der Waals surface area contributed by atoms with Crippen LogP contribution in [0.15, 0.2) is 29.2 Å². The Hall–Kier alpha value is -0.510. The van der Waals surface area contributed by atoms with Crippen molar-refractivity contribution < 1.29 is 5.11 Å². The lowest BCUT2D eigenvalue weighted by Gasteiger charge is -2.14. The van der Waals surface area contributed by atoms with E-state index in [1.165, 1.54) is 10.5 Å². The molecule has 1 aromatic rings. The molecule has 2 N–H and O–H groups in total. The second-order valence-corrected chi connectivity index (χ2v) is 5.84. The summed E-state index contributed by atoms with van der Waals surface area (Å²) in [4.78, 5) is 1.23. The van der Waals surface area contributed by atoms with Crippen molar-refractivity contribution >= 4 is 11.8 Å². The van der Waals surface area contributed by atoms with E-state index < -0.39 is 0 Å². The number of nitrogens with one attached hydrogen (secondary N) is 1. The molecular formula is C14H23NOS. The van der Waals surface area contributed by atoms with E-state index in [2.05, 4.69) is 43.4 Å². The topological polar surface area (TPSA) is 32.3 Å². The second kappa shape index (κ2) is 7.75. The Bertz CT molecular complexity index is 328. The number of rotatable bonds is 7. The average molecular weight is 253 g/mol. The molecule has 0 aliphatic carbocycles. The van der Waals surface area contributed by atoms with Gasteiger partial charge in [-0.25, -0.2) is 0 Å². The molecule has 2 nitrogen and oxygen atoms in total. The minimum atomic E-state index is -0.276. The molecule has 2 unspecified atom stereocenters. The lowest BCUT2D eigenvalue weighted by atomic mass is 10.2. The molecule has 0 bridgehead atoms.